The van der Waals surface area contributed by atoms with Crippen LogP contribution in [-0.2, 0) is 6.54 Å². The number of anilines is 1. The van der Waals surface area contributed by atoms with E-state index >= 15 is 0 Å². The van der Waals surface area contributed by atoms with Gasteiger partial charge in [-0.25, -0.2) is 4.39 Å². The molecule has 0 saturated heterocycles. The van der Waals surface area contributed by atoms with Gasteiger partial charge < -0.3 is 10.6 Å². The zero-order valence-corrected chi connectivity index (χ0v) is 14.8. The number of thiocarbonyl (C=S) groups is 1. The maximum Gasteiger partial charge on any atom is 0.172 e. The predicted octanol–water partition coefficient (Wildman–Crippen LogP) is 4.34. The Kier molecular flexibility index (Phi) is 5.68. The average molecular weight is 367 g/mol. The van der Waals surface area contributed by atoms with Gasteiger partial charge in [-0.15, -0.1) is 0 Å². The summed E-state index contributed by atoms with van der Waals surface area (Å²) >= 11 is 11.4. The standard InChI is InChI=1S/C17H20ClFN4S/c18-14-7-4-8-15(19)13(14)11-23-10-9-16(22-23)21-17(24)20-12-5-2-1-3-6-12/h4,7-10,12H,1-3,5-6,11H2,(H2,20,21,22,24). The molecule has 4 nitrogen and oxygen atoms in total. The fraction of sp³-hybridized carbons (Fsp3) is 0.412. The molecule has 0 amide bonds. The van der Waals surface area contributed by atoms with Crippen molar-refractivity contribution in [3.8, 4) is 0 Å². The highest BCUT2D eigenvalue weighted by Crippen LogP contribution is 2.20. The summed E-state index contributed by atoms with van der Waals surface area (Å²) in [5.41, 5.74) is 0.428. The Morgan fingerprint density at radius 1 is 1.29 bits per heavy atom. The first-order valence-electron chi connectivity index (χ1n) is 8.15. The van der Waals surface area contributed by atoms with Gasteiger partial charge in [-0.2, -0.15) is 5.10 Å². The molecule has 2 N–H and O–H groups in total. The van der Waals surface area contributed by atoms with Gasteiger partial charge in [-0.05, 0) is 37.2 Å². The Labute approximate surface area is 151 Å². The summed E-state index contributed by atoms with van der Waals surface area (Å²) in [5.74, 6) is 0.303. The first kappa shape index (κ1) is 17.2. The molecule has 0 bridgehead atoms. The maximum absolute atomic E-state index is 13.8. The average Bonchev–Trinajstić information content (AvgIpc) is 2.99. The van der Waals surface area contributed by atoms with Crippen molar-refractivity contribution in [1.82, 2.24) is 15.1 Å². The van der Waals surface area contributed by atoms with Crippen LogP contribution >= 0.6 is 23.8 Å². The molecule has 0 spiro atoms. The highest BCUT2D eigenvalue weighted by atomic mass is 35.5. The number of benzene rings is 1. The minimum Gasteiger partial charge on any atom is -0.360 e. The number of hydrogen-bond acceptors (Lipinski definition) is 2. The second-order valence-electron chi connectivity index (χ2n) is 6.03. The van der Waals surface area contributed by atoms with Crippen LogP contribution in [0.25, 0.3) is 0 Å². The van der Waals surface area contributed by atoms with Crippen molar-refractivity contribution in [1.29, 1.82) is 0 Å². The normalized spacial score (nSPS) is 15.2. The highest BCUT2D eigenvalue weighted by Gasteiger charge is 2.14. The van der Waals surface area contributed by atoms with E-state index < -0.39 is 0 Å². The lowest BCUT2D eigenvalue weighted by atomic mass is 9.96. The summed E-state index contributed by atoms with van der Waals surface area (Å²) in [4.78, 5) is 0. The fourth-order valence-electron chi connectivity index (χ4n) is 2.95. The predicted molar refractivity (Wildman–Crippen MR) is 99.0 cm³/mol. The van der Waals surface area contributed by atoms with Crippen LogP contribution in [0.3, 0.4) is 0 Å². The lowest BCUT2D eigenvalue weighted by molar-refractivity contribution is 0.414. The zero-order valence-electron chi connectivity index (χ0n) is 13.3. The van der Waals surface area contributed by atoms with Crippen LogP contribution < -0.4 is 10.6 Å². The Bertz CT molecular complexity index is 692. The quantitative estimate of drug-likeness (QED) is 0.790. The molecule has 1 aromatic carbocycles. The van der Waals surface area contributed by atoms with E-state index in [4.69, 9.17) is 23.8 Å². The van der Waals surface area contributed by atoms with Gasteiger partial charge in [0.05, 0.1) is 6.54 Å². The zero-order chi connectivity index (χ0) is 16.9. The van der Waals surface area contributed by atoms with Crippen molar-refractivity contribution in [2.45, 2.75) is 44.7 Å². The number of halogens is 2. The molecule has 0 unspecified atom stereocenters. The third-order valence-corrected chi connectivity index (χ3v) is 4.78. The number of rotatable bonds is 4. The van der Waals surface area contributed by atoms with Crippen molar-refractivity contribution < 1.29 is 4.39 Å². The monoisotopic (exact) mass is 366 g/mol. The molecule has 1 saturated carbocycles. The second kappa shape index (κ2) is 7.94. The minimum atomic E-state index is -0.331. The van der Waals surface area contributed by atoms with Crippen molar-refractivity contribution in [3.63, 3.8) is 0 Å². The van der Waals surface area contributed by atoms with Crippen molar-refractivity contribution >= 4 is 34.7 Å². The lowest BCUT2D eigenvalue weighted by Gasteiger charge is -2.24. The number of nitrogens with one attached hydrogen (secondary N) is 2. The Morgan fingerprint density at radius 3 is 2.83 bits per heavy atom. The van der Waals surface area contributed by atoms with Crippen molar-refractivity contribution in [3.05, 3.63) is 46.9 Å². The Morgan fingerprint density at radius 2 is 2.08 bits per heavy atom. The minimum absolute atomic E-state index is 0.274. The molecule has 0 aliphatic heterocycles. The summed E-state index contributed by atoms with van der Waals surface area (Å²) in [7, 11) is 0. The molecule has 1 fully saturated rings. The van der Waals surface area contributed by atoms with Crippen molar-refractivity contribution in [2.24, 2.45) is 0 Å². The molecule has 128 valence electrons. The van der Waals surface area contributed by atoms with Gasteiger partial charge in [0.1, 0.15) is 5.82 Å². The largest absolute Gasteiger partial charge is 0.360 e. The number of hydrogen-bond donors (Lipinski definition) is 2. The van der Waals surface area contributed by atoms with Gasteiger partial charge in [0.15, 0.2) is 10.9 Å². The van der Waals surface area contributed by atoms with Gasteiger partial charge >= 0.3 is 0 Å². The molecule has 1 aliphatic carbocycles. The van der Waals surface area contributed by atoms with Crippen LogP contribution in [0.4, 0.5) is 10.2 Å². The molecule has 3 rings (SSSR count). The topological polar surface area (TPSA) is 41.9 Å². The first-order valence-corrected chi connectivity index (χ1v) is 8.94. The van der Waals surface area contributed by atoms with E-state index in [-0.39, 0.29) is 12.4 Å². The SMILES string of the molecule is Fc1cccc(Cl)c1Cn1ccc(NC(=S)NC2CCCCC2)n1. The molecular weight excluding hydrogens is 347 g/mol. The lowest BCUT2D eigenvalue weighted by Crippen LogP contribution is -2.38. The third kappa shape index (κ3) is 4.45. The van der Waals surface area contributed by atoms with E-state index in [1.54, 1.807) is 23.0 Å². The molecule has 1 aromatic heterocycles. The third-order valence-electron chi connectivity index (χ3n) is 4.20. The molecule has 24 heavy (non-hydrogen) atoms. The summed E-state index contributed by atoms with van der Waals surface area (Å²) < 4.78 is 15.5. The smallest absolute Gasteiger partial charge is 0.172 e. The van der Waals surface area contributed by atoms with E-state index in [0.29, 0.717) is 27.6 Å². The molecule has 0 atom stereocenters. The number of nitrogens with zero attached hydrogens (tertiary/aromatic N) is 2. The summed E-state index contributed by atoms with van der Waals surface area (Å²) in [6, 6.07) is 6.91. The van der Waals surface area contributed by atoms with Gasteiger partial charge in [-0.1, -0.05) is 36.9 Å². The van der Waals surface area contributed by atoms with E-state index in [1.807, 2.05) is 6.07 Å². The highest BCUT2D eigenvalue weighted by molar-refractivity contribution is 7.80. The second-order valence-corrected chi connectivity index (χ2v) is 6.85. The van der Waals surface area contributed by atoms with Crippen molar-refractivity contribution in [2.75, 3.05) is 5.32 Å². The van der Waals surface area contributed by atoms with E-state index in [0.717, 1.165) is 12.8 Å². The van der Waals surface area contributed by atoms with Crippen LogP contribution in [0.5, 0.6) is 0 Å². The molecule has 7 heteroatoms. The van der Waals surface area contributed by atoms with E-state index in [1.165, 1.54) is 25.3 Å². The molecular formula is C17H20ClFN4S. The fourth-order valence-corrected chi connectivity index (χ4v) is 3.44. The van der Waals surface area contributed by atoms with Crippen LogP contribution in [0.1, 0.15) is 37.7 Å². The van der Waals surface area contributed by atoms with Crippen LogP contribution in [0.15, 0.2) is 30.5 Å². The molecule has 1 heterocycles. The van der Waals surface area contributed by atoms with E-state index in [9.17, 15) is 4.39 Å². The van der Waals surface area contributed by atoms with Crippen LogP contribution in [0, 0.1) is 5.82 Å². The molecule has 1 aliphatic rings. The molecule has 2 aromatic rings. The Hall–Kier alpha value is -1.66. The summed E-state index contributed by atoms with van der Waals surface area (Å²) in [6.07, 6.45) is 7.89. The van der Waals surface area contributed by atoms with Gasteiger partial charge in [0.2, 0.25) is 0 Å². The van der Waals surface area contributed by atoms with E-state index in [2.05, 4.69) is 15.7 Å². The van der Waals surface area contributed by atoms with Gasteiger partial charge in [0.25, 0.3) is 0 Å². The van der Waals surface area contributed by atoms with Crippen LogP contribution in [0.2, 0.25) is 5.02 Å². The maximum atomic E-state index is 13.8. The molecule has 0 radical (unpaired) electrons. The summed E-state index contributed by atoms with van der Waals surface area (Å²) in [6.45, 7) is 0.274. The van der Waals surface area contributed by atoms with Crippen LogP contribution in [-0.4, -0.2) is 20.9 Å². The Balaban J connectivity index is 1.58. The van der Waals surface area contributed by atoms with Gasteiger partial charge in [0, 0.05) is 28.9 Å². The first-order chi connectivity index (χ1) is 11.6. The number of aromatic nitrogens is 2. The summed E-state index contributed by atoms with van der Waals surface area (Å²) in [5, 5.41) is 11.8. The van der Waals surface area contributed by atoms with Gasteiger partial charge in [-0.3, -0.25) is 4.68 Å².